The molecule has 0 heterocycles. The lowest BCUT2D eigenvalue weighted by Gasteiger charge is -2.31. The number of carbonyl (C=O) groups excluding carboxylic acids is 2. The summed E-state index contributed by atoms with van der Waals surface area (Å²) in [5, 5.41) is 3.79. The molecule has 0 bridgehead atoms. The minimum atomic E-state index is -0.675. The summed E-state index contributed by atoms with van der Waals surface area (Å²) in [6.07, 6.45) is 2.27. The fourth-order valence-corrected chi connectivity index (χ4v) is 3.70. The van der Waals surface area contributed by atoms with E-state index in [1.807, 2.05) is 6.92 Å². The molecule has 1 atom stereocenters. The smallest absolute Gasteiger partial charge is 0.261 e. The summed E-state index contributed by atoms with van der Waals surface area (Å²) < 4.78 is 10.8. The fraction of sp³-hybridized carbons (Fsp3) is 0.417. The Morgan fingerprint density at radius 3 is 2.22 bits per heavy atom. The van der Waals surface area contributed by atoms with Gasteiger partial charge in [0, 0.05) is 28.7 Å². The molecule has 0 saturated heterocycles. The molecule has 2 aromatic carbocycles. The predicted molar refractivity (Wildman–Crippen MR) is 127 cm³/mol. The zero-order valence-electron chi connectivity index (χ0n) is 18.7. The van der Waals surface area contributed by atoms with Crippen LogP contribution in [0, 0.1) is 0 Å². The normalized spacial score (nSPS) is 11.5. The number of rotatable bonds is 12. The van der Waals surface area contributed by atoms with Crippen molar-refractivity contribution in [2.75, 3.05) is 20.3 Å². The Kier molecular flexibility index (Phi) is 10.6. The molecule has 1 N–H and O–H groups in total. The summed E-state index contributed by atoms with van der Waals surface area (Å²) in [5.41, 5.74) is 0.591. The molecule has 0 fully saturated rings. The van der Waals surface area contributed by atoms with Crippen LogP contribution < -0.4 is 14.8 Å². The van der Waals surface area contributed by atoms with Gasteiger partial charge in [0.05, 0.1) is 7.11 Å². The van der Waals surface area contributed by atoms with Crippen LogP contribution in [-0.2, 0) is 16.1 Å². The molecular formula is C24H30Cl2N2O4. The van der Waals surface area contributed by atoms with Crippen LogP contribution >= 0.6 is 23.2 Å². The highest BCUT2D eigenvalue weighted by atomic mass is 35.5. The van der Waals surface area contributed by atoms with Gasteiger partial charge in [0.25, 0.3) is 5.91 Å². The Morgan fingerprint density at radius 1 is 1.03 bits per heavy atom. The summed E-state index contributed by atoms with van der Waals surface area (Å²) in [7, 11) is 1.58. The van der Waals surface area contributed by atoms with E-state index in [-0.39, 0.29) is 25.0 Å². The number of carbonyl (C=O) groups is 2. The maximum absolute atomic E-state index is 13.2. The van der Waals surface area contributed by atoms with Crippen molar-refractivity contribution >= 4 is 35.0 Å². The van der Waals surface area contributed by atoms with Crippen molar-refractivity contribution in [2.45, 2.75) is 45.7 Å². The summed E-state index contributed by atoms with van der Waals surface area (Å²) in [6, 6.07) is 11.4. The number of nitrogens with one attached hydrogen (secondary N) is 1. The first kappa shape index (κ1) is 25.8. The van der Waals surface area contributed by atoms with Gasteiger partial charge in [-0.15, -0.1) is 0 Å². The second-order valence-corrected chi connectivity index (χ2v) is 8.07. The Labute approximate surface area is 199 Å². The highest BCUT2D eigenvalue weighted by Crippen LogP contribution is 2.27. The molecule has 0 aliphatic heterocycles. The molecular weight excluding hydrogens is 451 g/mol. The van der Waals surface area contributed by atoms with Gasteiger partial charge in [0.15, 0.2) is 6.61 Å². The number of halogens is 2. The second-order valence-electron chi connectivity index (χ2n) is 7.25. The Morgan fingerprint density at radius 2 is 1.66 bits per heavy atom. The van der Waals surface area contributed by atoms with Gasteiger partial charge < -0.3 is 19.7 Å². The Balaban J connectivity index is 2.22. The van der Waals surface area contributed by atoms with Crippen molar-refractivity contribution in [3.05, 3.63) is 58.1 Å². The van der Waals surface area contributed by atoms with Crippen molar-refractivity contribution in [2.24, 2.45) is 0 Å². The molecule has 6 nitrogen and oxygen atoms in total. The maximum Gasteiger partial charge on any atom is 0.261 e. The molecule has 32 heavy (non-hydrogen) atoms. The first-order valence-corrected chi connectivity index (χ1v) is 11.4. The van der Waals surface area contributed by atoms with E-state index < -0.39 is 6.04 Å². The molecule has 8 heteroatoms. The number of unbranched alkanes of at least 4 members (excludes halogenated alkanes) is 1. The number of hydrogen-bond donors (Lipinski definition) is 1. The van der Waals surface area contributed by atoms with Gasteiger partial charge in [-0.05, 0) is 49.2 Å². The number of methoxy groups -OCH3 is 1. The Hall–Kier alpha value is -2.44. The van der Waals surface area contributed by atoms with Crippen LogP contribution in [0.1, 0.15) is 38.7 Å². The maximum atomic E-state index is 13.2. The van der Waals surface area contributed by atoms with E-state index >= 15 is 0 Å². The summed E-state index contributed by atoms with van der Waals surface area (Å²) in [4.78, 5) is 27.6. The van der Waals surface area contributed by atoms with Crippen LogP contribution in [0.4, 0.5) is 0 Å². The molecule has 2 aromatic rings. The second kappa shape index (κ2) is 13.2. The van der Waals surface area contributed by atoms with Gasteiger partial charge in [0.1, 0.15) is 17.5 Å². The average Bonchev–Trinajstić information content (AvgIpc) is 2.79. The molecule has 0 aromatic heterocycles. The zero-order valence-corrected chi connectivity index (χ0v) is 20.2. The van der Waals surface area contributed by atoms with Crippen molar-refractivity contribution in [3.63, 3.8) is 0 Å². The standard InChI is InChI=1S/C24H30Cl2N2O4/c1-4-6-14-27-24(30)22(5-2)28(15-19-20(25)8-7-9-21(19)26)23(29)16-32-18-12-10-17(31-3)11-13-18/h7-13,22H,4-6,14-16H2,1-3H3,(H,27,30). The van der Waals surface area contributed by atoms with Gasteiger partial charge in [-0.1, -0.05) is 49.5 Å². The van der Waals surface area contributed by atoms with E-state index in [4.69, 9.17) is 32.7 Å². The first-order chi connectivity index (χ1) is 15.4. The largest absolute Gasteiger partial charge is 0.497 e. The van der Waals surface area contributed by atoms with Crippen molar-refractivity contribution in [1.82, 2.24) is 10.2 Å². The van der Waals surface area contributed by atoms with Gasteiger partial charge >= 0.3 is 0 Å². The van der Waals surface area contributed by atoms with Crippen molar-refractivity contribution in [1.29, 1.82) is 0 Å². The SMILES string of the molecule is CCCCNC(=O)C(CC)N(Cc1c(Cl)cccc1Cl)C(=O)COc1ccc(OC)cc1. The van der Waals surface area contributed by atoms with E-state index in [2.05, 4.69) is 12.2 Å². The molecule has 0 aliphatic carbocycles. The van der Waals surface area contributed by atoms with Gasteiger partial charge in [-0.2, -0.15) is 0 Å². The van der Waals surface area contributed by atoms with Crippen molar-refractivity contribution in [3.8, 4) is 11.5 Å². The lowest BCUT2D eigenvalue weighted by atomic mass is 10.1. The number of amides is 2. The van der Waals surface area contributed by atoms with E-state index in [9.17, 15) is 9.59 Å². The summed E-state index contributed by atoms with van der Waals surface area (Å²) in [5.74, 6) is 0.667. The highest BCUT2D eigenvalue weighted by Gasteiger charge is 2.29. The van der Waals surface area contributed by atoms with Gasteiger partial charge in [0.2, 0.25) is 5.91 Å². The lowest BCUT2D eigenvalue weighted by Crippen LogP contribution is -2.50. The van der Waals surface area contributed by atoms with Crippen LogP contribution in [0.2, 0.25) is 10.0 Å². The predicted octanol–water partition coefficient (Wildman–Crippen LogP) is 5.10. The summed E-state index contributed by atoms with van der Waals surface area (Å²) >= 11 is 12.7. The van der Waals surface area contributed by atoms with Crippen LogP contribution in [0.5, 0.6) is 11.5 Å². The molecule has 2 rings (SSSR count). The zero-order chi connectivity index (χ0) is 23.5. The topological polar surface area (TPSA) is 67.9 Å². The molecule has 174 valence electrons. The molecule has 0 radical (unpaired) electrons. The Bertz CT molecular complexity index is 870. The van der Waals surface area contributed by atoms with E-state index in [0.29, 0.717) is 40.1 Å². The molecule has 0 spiro atoms. The minimum absolute atomic E-state index is 0.100. The van der Waals surface area contributed by atoms with Crippen LogP contribution in [0.25, 0.3) is 0 Å². The molecule has 0 aliphatic rings. The third-order valence-electron chi connectivity index (χ3n) is 5.03. The highest BCUT2D eigenvalue weighted by molar-refractivity contribution is 6.36. The molecule has 2 amide bonds. The lowest BCUT2D eigenvalue weighted by molar-refractivity contribution is -0.143. The van der Waals surface area contributed by atoms with E-state index in [1.165, 1.54) is 4.90 Å². The molecule has 1 unspecified atom stereocenters. The number of ether oxygens (including phenoxy) is 2. The number of hydrogen-bond acceptors (Lipinski definition) is 4. The monoisotopic (exact) mass is 480 g/mol. The summed E-state index contributed by atoms with van der Waals surface area (Å²) in [6.45, 7) is 4.34. The van der Waals surface area contributed by atoms with E-state index in [1.54, 1.807) is 49.6 Å². The number of nitrogens with zero attached hydrogens (tertiary/aromatic N) is 1. The minimum Gasteiger partial charge on any atom is -0.497 e. The third kappa shape index (κ3) is 7.31. The quantitative estimate of drug-likeness (QED) is 0.428. The van der Waals surface area contributed by atoms with Gasteiger partial charge in [-0.3, -0.25) is 9.59 Å². The first-order valence-electron chi connectivity index (χ1n) is 10.7. The average molecular weight is 481 g/mol. The van der Waals surface area contributed by atoms with Crippen molar-refractivity contribution < 1.29 is 19.1 Å². The van der Waals surface area contributed by atoms with Crippen LogP contribution in [0.3, 0.4) is 0 Å². The van der Waals surface area contributed by atoms with Crippen LogP contribution in [-0.4, -0.2) is 43.0 Å². The van der Waals surface area contributed by atoms with Crippen LogP contribution in [0.15, 0.2) is 42.5 Å². The van der Waals surface area contributed by atoms with Gasteiger partial charge in [-0.25, -0.2) is 0 Å². The van der Waals surface area contributed by atoms with E-state index in [0.717, 1.165) is 12.8 Å². The fourth-order valence-electron chi connectivity index (χ4n) is 3.18. The number of benzene rings is 2. The molecule has 0 saturated carbocycles. The third-order valence-corrected chi connectivity index (χ3v) is 5.74.